The molecule has 2 aliphatic carbocycles. The molecule has 0 spiro atoms. The summed E-state index contributed by atoms with van der Waals surface area (Å²) in [7, 11) is 0. The second-order valence-corrected chi connectivity index (χ2v) is 8.25. The third kappa shape index (κ3) is 2.35. The van der Waals surface area contributed by atoms with Crippen molar-refractivity contribution in [3.63, 3.8) is 0 Å². The van der Waals surface area contributed by atoms with Crippen LogP contribution in [0.2, 0.25) is 0 Å². The van der Waals surface area contributed by atoms with E-state index in [2.05, 4.69) is 27.7 Å². The van der Waals surface area contributed by atoms with Crippen molar-refractivity contribution in [3.05, 3.63) is 35.0 Å². The summed E-state index contributed by atoms with van der Waals surface area (Å²) in [6.07, 6.45) is 10.4. The van der Waals surface area contributed by atoms with Crippen molar-refractivity contribution in [2.45, 2.75) is 76.8 Å². The second kappa shape index (κ2) is 5.89. The van der Waals surface area contributed by atoms with Crippen LogP contribution in [0.1, 0.15) is 80.7 Å². The predicted octanol–water partition coefficient (Wildman–Crippen LogP) is 4.93. The number of aryl methyl sites for hydroxylation is 1. The Labute approximate surface area is 150 Å². The van der Waals surface area contributed by atoms with E-state index in [1.807, 2.05) is 0 Å². The van der Waals surface area contributed by atoms with E-state index >= 15 is 0 Å². The molecule has 1 fully saturated rings. The molecule has 0 N–H and O–H groups in total. The smallest absolute Gasteiger partial charge is 0.220 e. The topological polar surface area (TPSA) is 25.2 Å². The first kappa shape index (κ1) is 15.5. The fourth-order valence-corrected chi connectivity index (χ4v) is 5.69. The molecule has 5 rings (SSSR count). The molecule has 2 aromatic rings. The Morgan fingerprint density at radius 2 is 1.88 bits per heavy atom. The Hall–Kier alpha value is -1.77. The van der Waals surface area contributed by atoms with Gasteiger partial charge in [-0.1, -0.05) is 25.3 Å². The van der Waals surface area contributed by atoms with Crippen molar-refractivity contribution in [2.24, 2.45) is 0 Å². The van der Waals surface area contributed by atoms with E-state index in [4.69, 9.17) is 0 Å². The van der Waals surface area contributed by atoms with Crippen molar-refractivity contribution in [3.8, 4) is 0 Å². The number of carbonyl (C=O) groups excluding carboxylic acids is 1. The highest BCUT2D eigenvalue weighted by atomic mass is 16.2. The zero-order valence-corrected chi connectivity index (χ0v) is 15.3. The lowest BCUT2D eigenvalue weighted by Crippen LogP contribution is -2.42. The van der Waals surface area contributed by atoms with Crippen LogP contribution in [0.4, 0.5) is 0 Å². The van der Waals surface area contributed by atoms with Crippen LogP contribution in [0, 0.1) is 0 Å². The van der Waals surface area contributed by atoms with Gasteiger partial charge in [-0.3, -0.25) is 4.79 Å². The molecule has 1 aliphatic heterocycles. The minimum atomic E-state index is 0.234. The number of rotatable bonds is 1. The molecule has 3 nitrogen and oxygen atoms in total. The van der Waals surface area contributed by atoms with E-state index in [1.54, 1.807) is 12.5 Å². The third-order valence-electron chi connectivity index (χ3n) is 6.88. The number of benzene rings is 1. The van der Waals surface area contributed by atoms with Crippen LogP contribution in [0.3, 0.4) is 0 Å². The van der Waals surface area contributed by atoms with Gasteiger partial charge in [0.2, 0.25) is 5.91 Å². The van der Waals surface area contributed by atoms with Crippen LogP contribution in [0.5, 0.6) is 0 Å². The van der Waals surface area contributed by atoms with Gasteiger partial charge < -0.3 is 9.47 Å². The molecule has 0 bridgehead atoms. The highest BCUT2D eigenvalue weighted by molar-refractivity contribution is 5.87. The van der Waals surface area contributed by atoms with Crippen molar-refractivity contribution >= 4 is 16.8 Å². The zero-order chi connectivity index (χ0) is 17.0. The Morgan fingerprint density at radius 3 is 2.68 bits per heavy atom. The van der Waals surface area contributed by atoms with Gasteiger partial charge in [-0.05, 0) is 61.3 Å². The molecule has 0 saturated heterocycles. The molecule has 2 heterocycles. The van der Waals surface area contributed by atoms with Crippen molar-refractivity contribution in [1.82, 2.24) is 9.47 Å². The average Bonchev–Trinajstić information content (AvgIpc) is 2.98. The van der Waals surface area contributed by atoms with Crippen LogP contribution >= 0.6 is 0 Å². The van der Waals surface area contributed by atoms with Gasteiger partial charge in [-0.25, -0.2) is 0 Å². The number of amides is 1. The van der Waals surface area contributed by atoms with Gasteiger partial charge >= 0.3 is 0 Å². The van der Waals surface area contributed by atoms with E-state index in [1.165, 1.54) is 67.1 Å². The molecule has 3 heteroatoms. The molecule has 1 aromatic heterocycles. The Morgan fingerprint density at radius 1 is 1.04 bits per heavy atom. The van der Waals surface area contributed by atoms with Crippen LogP contribution in [-0.4, -0.2) is 21.9 Å². The Balaban J connectivity index is 1.64. The number of nitrogens with zero attached hydrogens (tertiary/aromatic N) is 2. The van der Waals surface area contributed by atoms with E-state index < -0.39 is 0 Å². The molecule has 1 aromatic carbocycles. The molecule has 0 unspecified atom stereocenters. The Kier molecular flexibility index (Phi) is 3.65. The maximum absolute atomic E-state index is 12.1. The quantitative estimate of drug-likeness (QED) is 0.725. The molecule has 1 saturated carbocycles. The fraction of sp³-hybridized carbons (Fsp3) is 0.591. The summed E-state index contributed by atoms with van der Waals surface area (Å²) in [6.45, 7) is 3.54. The number of aromatic nitrogens is 1. The summed E-state index contributed by atoms with van der Waals surface area (Å²) in [5.74, 6) is 0.993. The van der Waals surface area contributed by atoms with Gasteiger partial charge in [0.15, 0.2) is 0 Å². The minimum absolute atomic E-state index is 0.234. The van der Waals surface area contributed by atoms with Gasteiger partial charge in [-0.2, -0.15) is 0 Å². The highest BCUT2D eigenvalue weighted by Crippen LogP contribution is 2.44. The Bertz CT molecular complexity index is 828. The van der Waals surface area contributed by atoms with Crippen molar-refractivity contribution in [2.75, 3.05) is 6.54 Å². The van der Waals surface area contributed by atoms with E-state index in [-0.39, 0.29) is 5.91 Å². The monoisotopic (exact) mass is 336 g/mol. The number of hydrogen-bond acceptors (Lipinski definition) is 1. The van der Waals surface area contributed by atoms with E-state index in [0.29, 0.717) is 6.04 Å². The number of carbonyl (C=O) groups is 1. The summed E-state index contributed by atoms with van der Waals surface area (Å²) < 4.78 is 2.53. The zero-order valence-electron chi connectivity index (χ0n) is 15.3. The van der Waals surface area contributed by atoms with Gasteiger partial charge in [-0.15, -0.1) is 0 Å². The molecular weight excluding hydrogens is 308 g/mol. The molecule has 25 heavy (non-hydrogen) atoms. The molecular formula is C22H28N2O. The third-order valence-corrected chi connectivity index (χ3v) is 6.88. The number of fused-ring (bicyclic) bond motifs is 3. The van der Waals surface area contributed by atoms with E-state index in [9.17, 15) is 4.79 Å². The SMILES string of the molecule is CC(=O)N1CCn2c3c(c4cc(C5CCCCC5)ccc42)CCC[C@H]31. The first-order valence-electron chi connectivity index (χ1n) is 10.2. The largest absolute Gasteiger partial charge is 0.341 e. The fourth-order valence-electron chi connectivity index (χ4n) is 5.69. The van der Waals surface area contributed by atoms with Crippen LogP contribution in [-0.2, 0) is 17.8 Å². The molecule has 0 radical (unpaired) electrons. The van der Waals surface area contributed by atoms with Crippen LogP contribution in [0.25, 0.3) is 10.9 Å². The first-order valence-corrected chi connectivity index (χ1v) is 10.2. The molecule has 3 aliphatic rings. The summed E-state index contributed by atoms with van der Waals surface area (Å²) in [5, 5.41) is 1.48. The molecule has 132 valence electrons. The molecule has 1 atom stereocenters. The maximum Gasteiger partial charge on any atom is 0.220 e. The first-order chi connectivity index (χ1) is 12.2. The van der Waals surface area contributed by atoms with Crippen molar-refractivity contribution < 1.29 is 4.79 Å². The summed E-state index contributed by atoms with van der Waals surface area (Å²) in [5.41, 5.74) is 5.94. The standard InChI is InChI=1S/C22H28N2O/c1-15(25)23-12-13-24-20-11-10-17(16-6-3-2-4-7-16)14-19(20)18-8-5-9-21(23)22(18)24/h10-11,14,16,21H,2-9,12-13H2,1H3/t21-/m1/s1. The minimum Gasteiger partial charge on any atom is -0.341 e. The van der Waals surface area contributed by atoms with Crippen LogP contribution < -0.4 is 0 Å². The maximum atomic E-state index is 12.1. The number of hydrogen-bond donors (Lipinski definition) is 0. The lowest BCUT2D eigenvalue weighted by atomic mass is 9.83. The summed E-state index contributed by atoms with van der Waals surface area (Å²) >= 11 is 0. The summed E-state index contributed by atoms with van der Waals surface area (Å²) in [4.78, 5) is 14.2. The predicted molar refractivity (Wildman–Crippen MR) is 101 cm³/mol. The lowest BCUT2D eigenvalue weighted by Gasteiger charge is -2.39. The highest BCUT2D eigenvalue weighted by Gasteiger charge is 2.36. The van der Waals surface area contributed by atoms with E-state index in [0.717, 1.165) is 25.4 Å². The molecule has 1 amide bonds. The normalized spacial score (nSPS) is 23.7. The lowest BCUT2D eigenvalue weighted by molar-refractivity contribution is -0.132. The van der Waals surface area contributed by atoms with Crippen molar-refractivity contribution in [1.29, 1.82) is 0 Å². The second-order valence-electron chi connectivity index (χ2n) is 8.25. The average molecular weight is 336 g/mol. The van der Waals surface area contributed by atoms with Crippen LogP contribution in [0.15, 0.2) is 18.2 Å². The van der Waals surface area contributed by atoms with Gasteiger partial charge in [0.05, 0.1) is 6.04 Å². The van der Waals surface area contributed by atoms with Gasteiger partial charge in [0, 0.05) is 36.6 Å². The van der Waals surface area contributed by atoms with Gasteiger partial charge in [0.1, 0.15) is 0 Å². The van der Waals surface area contributed by atoms with Gasteiger partial charge in [0.25, 0.3) is 0 Å². The summed E-state index contributed by atoms with van der Waals surface area (Å²) in [6, 6.07) is 7.57.